The van der Waals surface area contributed by atoms with E-state index in [1.165, 1.54) is 11.1 Å². The van der Waals surface area contributed by atoms with E-state index >= 15 is 0 Å². The maximum Gasteiger partial charge on any atom is 0.163 e. The SMILES string of the molecule is CC1=CC(c2ccccc2)C2C3=C(CC(C)(C)CC3=O)OC12. The Morgan fingerprint density at radius 2 is 1.86 bits per heavy atom. The Bertz CT molecular complexity index is 694. The van der Waals surface area contributed by atoms with Gasteiger partial charge in [0, 0.05) is 30.3 Å². The maximum atomic E-state index is 12.8. The number of hydrogen-bond acceptors (Lipinski definition) is 2. The van der Waals surface area contributed by atoms with Gasteiger partial charge in [-0.1, -0.05) is 50.3 Å². The number of Topliss-reactive ketones (excluding diaryl/α,β-unsaturated/α-hetero) is 1. The van der Waals surface area contributed by atoms with E-state index in [0.29, 0.717) is 12.2 Å². The van der Waals surface area contributed by atoms with Crippen molar-refractivity contribution in [3.8, 4) is 0 Å². The van der Waals surface area contributed by atoms with Crippen LogP contribution in [0.3, 0.4) is 0 Å². The topological polar surface area (TPSA) is 26.3 Å². The van der Waals surface area contributed by atoms with E-state index in [4.69, 9.17) is 4.74 Å². The lowest BCUT2D eigenvalue weighted by atomic mass is 9.72. The van der Waals surface area contributed by atoms with Crippen LogP contribution in [-0.4, -0.2) is 11.9 Å². The normalized spacial score (nSPS) is 32.4. The molecule has 4 rings (SSSR count). The largest absolute Gasteiger partial charge is 0.489 e. The number of carbonyl (C=O) groups excluding carboxylic acids is 1. The standard InChI is InChI=1S/C20H22O2/c1-12-9-14(13-7-5-4-6-8-13)17-18-15(21)10-20(2,3)11-16(18)22-19(12)17/h4-9,14,17,19H,10-11H2,1-3H3. The highest BCUT2D eigenvalue weighted by Gasteiger charge is 2.51. The van der Waals surface area contributed by atoms with Crippen LogP contribution in [0.25, 0.3) is 0 Å². The fourth-order valence-corrected chi connectivity index (χ4v) is 4.34. The highest BCUT2D eigenvalue weighted by atomic mass is 16.5. The second kappa shape index (κ2) is 4.58. The molecule has 0 N–H and O–H groups in total. The highest BCUT2D eigenvalue weighted by Crippen LogP contribution is 2.54. The molecule has 0 saturated carbocycles. The molecule has 2 aliphatic carbocycles. The third kappa shape index (κ3) is 1.97. The molecule has 1 heterocycles. The van der Waals surface area contributed by atoms with E-state index in [1.54, 1.807) is 0 Å². The average molecular weight is 294 g/mol. The third-order valence-corrected chi connectivity index (χ3v) is 5.27. The van der Waals surface area contributed by atoms with Gasteiger partial charge in [0.15, 0.2) is 5.78 Å². The van der Waals surface area contributed by atoms with Crippen molar-refractivity contribution in [2.45, 2.75) is 45.6 Å². The van der Waals surface area contributed by atoms with Gasteiger partial charge in [-0.05, 0) is 23.5 Å². The van der Waals surface area contributed by atoms with Gasteiger partial charge in [-0.3, -0.25) is 4.79 Å². The zero-order valence-corrected chi connectivity index (χ0v) is 13.4. The quantitative estimate of drug-likeness (QED) is 0.718. The van der Waals surface area contributed by atoms with E-state index in [1.807, 2.05) is 6.07 Å². The Kier molecular flexibility index (Phi) is 2.87. The summed E-state index contributed by atoms with van der Waals surface area (Å²) in [5, 5.41) is 0. The molecule has 2 nitrogen and oxygen atoms in total. The Hall–Kier alpha value is -1.83. The first kappa shape index (κ1) is 13.8. The number of benzene rings is 1. The third-order valence-electron chi connectivity index (χ3n) is 5.27. The summed E-state index contributed by atoms with van der Waals surface area (Å²) in [5.74, 6) is 1.71. The van der Waals surface area contributed by atoms with Crippen molar-refractivity contribution in [1.29, 1.82) is 0 Å². The second-order valence-corrected chi connectivity index (χ2v) is 7.69. The van der Waals surface area contributed by atoms with E-state index in [2.05, 4.69) is 51.1 Å². The maximum absolute atomic E-state index is 12.8. The Balaban J connectivity index is 1.77. The molecule has 0 amide bonds. The van der Waals surface area contributed by atoms with Crippen molar-refractivity contribution in [2.24, 2.45) is 11.3 Å². The predicted molar refractivity (Wildman–Crippen MR) is 86.4 cm³/mol. The zero-order chi connectivity index (χ0) is 15.5. The Labute approximate surface area is 131 Å². The van der Waals surface area contributed by atoms with Crippen molar-refractivity contribution in [3.63, 3.8) is 0 Å². The van der Waals surface area contributed by atoms with Crippen molar-refractivity contribution in [1.82, 2.24) is 0 Å². The van der Waals surface area contributed by atoms with Crippen LogP contribution >= 0.6 is 0 Å². The van der Waals surface area contributed by atoms with Crippen LogP contribution in [0.15, 0.2) is 53.3 Å². The zero-order valence-electron chi connectivity index (χ0n) is 13.4. The molecule has 0 bridgehead atoms. The molecule has 2 heteroatoms. The van der Waals surface area contributed by atoms with Gasteiger partial charge >= 0.3 is 0 Å². The highest BCUT2D eigenvalue weighted by molar-refractivity contribution is 5.98. The summed E-state index contributed by atoms with van der Waals surface area (Å²) in [6.07, 6.45) is 3.88. The Morgan fingerprint density at radius 3 is 2.59 bits per heavy atom. The number of ketones is 1. The molecule has 114 valence electrons. The van der Waals surface area contributed by atoms with Crippen LogP contribution in [-0.2, 0) is 9.53 Å². The van der Waals surface area contributed by atoms with Gasteiger partial charge in [-0.25, -0.2) is 0 Å². The number of fused-ring (bicyclic) bond motifs is 2. The number of rotatable bonds is 1. The first-order valence-electron chi connectivity index (χ1n) is 8.12. The van der Waals surface area contributed by atoms with Gasteiger partial charge in [0.2, 0.25) is 0 Å². The predicted octanol–water partition coefficient (Wildman–Crippen LogP) is 4.39. The van der Waals surface area contributed by atoms with Gasteiger partial charge in [0.1, 0.15) is 11.9 Å². The van der Waals surface area contributed by atoms with Crippen LogP contribution in [0, 0.1) is 11.3 Å². The molecule has 1 aromatic rings. The van der Waals surface area contributed by atoms with Gasteiger partial charge < -0.3 is 4.74 Å². The molecule has 3 unspecified atom stereocenters. The molecule has 0 radical (unpaired) electrons. The average Bonchev–Trinajstić information content (AvgIpc) is 2.96. The smallest absolute Gasteiger partial charge is 0.163 e. The first-order chi connectivity index (χ1) is 10.5. The summed E-state index contributed by atoms with van der Waals surface area (Å²) in [5.41, 5.74) is 3.54. The van der Waals surface area contributed by atoms with Crippen molar-refractivity contribution in [3.05, 3.63) is 58.9 Å². The van der Waals surface area contributed by atoms with Crippen molar-refractivity contribution < 1.29 is 9.53 Å². The van der Waals surface area contributed by atoms with Crippen LogP contribution in [0.5, 0.6) is 0 Å². The van der Waals surface area contributed by atoms with Crippen molar-refractivity contribution in [2.75, 3.05) is 0 Å². The Morgan fingerprint density at radius 1 is 1.14 bits per heavy atom. The van der Waals surface area contributed by atoms with Gasteiger partial charge in [-0.2, -0.15) is 0 Å². The van der Waals surface area contributed by atoms with Crippen LogP contribution in [0.4, 0.5) is 0 Å². The molecule has 3 aliphatic rings. The molecule has 1 aliphatic heterocycles. The van der Waals surface area contributed by atoms with E-state index in [0.717, 1.165) is 17.8 Å². The molecule has 0 saturated heterocycles. The fourth-order valence-electron chi connectivity index (χ4n) is 4.34. The monoisotopic (exact) mass is 294 g/mol. The molecule has 0 aromatic heterocycles. The number of ether oxygens (including phenoxy) is 1. The molecular formula is C20H22O2. The van der Waals surface area contributed by atoms with Crippen molar-refractivity contribution >= 4 is 5.78 Å². The molecule has 22 heavy (non-hydrogen) atoms. The van der Waals surface area contributed by atoms with E-state index in [-0.39, 0.29) is 23.4 Å². The molecule has 3 atom stereocenters. The minimum Gasteiger partial charge on any atom is -0.489 e. The van der Waals surface area contributed by atoms with E-state index < -0.39 is 0 Å². The molecule has 0 fully saturated rings. The lowest BCUT2D eigenvalue weighted by molar-refractivity contribution is -0.118. The fraction of sp³-hybridized carbons (Fsp3) is 0.450. The number of hydrogen-bond donors (Lipinski definition) is 0. The summed E-state index contributed by atoms with van der Waals surface area (Å²) in [4.78, 5) is 12.8. The molecule has 0 spiro atoms. The van der Waals surface area contributed by atoms with Crippen LogP contribution < -0.4 is 0 Å². The van der Waals surface area contributed by atoms with Crippen LogP contribution in [0.1, 0.15) is 45.1 Å². The minimum absolute atomic E-state index is 0.0222. The lowest BCUT2D eigenvalue weighted by Gasteiger charge is -2.30. The molecular weight excluding hydrogens is 272 g/mol. The summed E-state index contributed by atoms with van der Waals surface area (Å²) < 4.78 is 6.25. The minimum atomic E-state index is 0.0222. The second-order valence-electron chi connectivity index (χ2n) is 7.69. The summed E-state index contributed by atoms with van der Waals surface area (Å²) >= 11 is 0. The summed E-state index contributed by atoms with van der Waals surface area (Å²) in [6.45, 7) is 6.45. The number of carbonyl (C=O) groups is 1. The van der Waals surface area contributed by atoms with Gasteiger partial charge in [-0.15, -0.1) is 0 Å². The number of allylic oxidation sites excluding steroid dienone is 2. The summed E-state index contributed by atoms with van der Waals surface area (Å²) in [6, 6.07) is 10.5. The van der Waals surface area contributed by atoms with Crippen LogP contribution in [0.2, 0.25) is 0 Å². The first-order valence-corrected chi connectivity index (χ1v) is 8.12. The lowest BCUT2D eigenvalue weighted by Crippen LogP contribution is -2.28. The summed E-state index contributed by atoms with van der Waals surface area (Å²) in [7, 11) is 0. The van der Waals surface area contributed by atoms with Gasteiger partial charge in [0.25, 0.3) is 0 Å². The molecule has 1 aromatic carbocycles. The van der Waals surface area contributed by atoms with Gasteiger partial charge in [0.05, 0.1) is 0 Å². The van der Waals surface area contributed by atoms with E-state index in [9.17, 15) is 4.79 Å².